The van der Waals surface area contributed by atoms with Crippen molar-refractivity contribution < 1.29 is 19.1 Å². The maximum Gasteiger partial charge on any atom is 0.323 e. The number of amides is 5. The number of nitrogens with zero attached hydrogens (tertiary/aromatic N) is 2. The average molecular weight is 529 g/mol. The number of benzene rings is 2. The second-order valence-corrected chi connectivity index (χ2v) is 8.58. The number of aromatic nitrogens is 1. The van der Waals surface area contributed by atoms with E-state index in [4.69, 9.17) is 27.9 Å². The van der Waals surface area contributed by atoms with Crippen molar-refractivity contribution in [3.8, 4) is 0 Å². The summed E-state index contributed by atoms with van der Waals surface area (Å²) in [5.41, 5.74) is 2.97. The molecule has 186 valence electrons. The van der Waals surface area contributed by atoms with E-state index < -0.39 is 12.1 Å². The van der Waals surface area contributed by atoms with E-state index in [0.717, 1.165) is 11.3 Å². The molecule has 0 radical (unpaired) electrons. The van der Waals surface area contributed by atoms with Gasteiger partial charge in [-0.1, -0.05) is 23.2 Å². The highest BCUT2D eigenvalue weighted by molar-refractivity contribution is 6.33. The van der Waals surface area contributed by atoms with Gasteiger partial charge in [0.1, 0.15) is 12.3 Å². The fourth-order valence-corrected chi connectivity index (χ4v) is 3.89. The quantitative estimate of drug-likeness (QED) is 0.332. The number of ether oxygens (including phenoxy) is 1. The van der Waals surface area contributed by atoms with Gasteiger partial charge in [0.2, 0.25) is 0 Å². The summed E-state index contributed by atoms with van der Waals surface area (Å²) >= 11 is 12.0. The summed E-state index contributed by atoms with van der Waals surface area (Å²) in [6, 6.07) is 12.1. The summed E-state index contributed by atoms with van der Waals surface area (Å²) in [4.78, 5) is 42.9. The van der Waals surface area contributed by atoms with Crippen molar-refractivity contribution in [2.75, 3.05) is 45.9 Å². The standard InChI is InChI=1S/C24H22Cl2N6O4/c1-14-12-17(6-7-19(14)32-10-11-36-13-20(32)33)29-23(34)30-18-8-9-27-22(26)21(18)31-24(35)28-16-4-2-15(25)3-5-16/h2-9,12H,10-11,13H2,1H3,(H2,28,31,35)(H2,27,29,30,34). The lowest BCUT2D eigenvalue weighted by Crippen LogP contribution is -2.42. The Balaban J connectivity index is 1.42. The van der Waals surface area contributed by atoms with Gasteiger partial charge in [-0.3, -0.25) is 4.79 Å². The molecule has 3 aromatic rings. The van der Waals surface area contributed by atoms with E-state index in [1.54, 1.807) is 47.4 Å². The van der Waals surface area contributed by atoms with Crippen LogP contribution in [0, 0.1) is 6.92 Å². The lowest BCUT2D eigenvalue weighted by atomic mass is 10.1. The normalized spacial score (nSPS) is 13.2. The number of urea groups is 2. The molecule has 1 aromatic heterocycles. The molecule has 0 atom stereocenters. The van der Waals surface area contributed by atoms with E-state index in [9.17, 15) is 14.4 Å². The lowest BCUT2D eigenvalue weighted by molar-refractivity contribution is -0.125. The molecule has 0 bridgehead atoms. The van der Waals surface area contributed by atoms with Gasteiger partial charge >= 0.3 is 12.1 Å². The maximum atomic E-state index is 12.7. The number of anilines is 5. The number of hydrogen-bond donors (Lipinski definition) is 4. The van der Waals surface area contributed by atoms with Gasteiger partial charge in [-0.15, -0.1) is 0 Å². The predicted octanol–water partition coefficient (Wildman–Crippen LogP) is 5.35. The van der Waals surface area contributed by atoms with E-state index in [1.165, 1.54) is 12.3 Å². The highest BCUT2D eigenvalue weighted by Gasteiger charge is 2.22. The molecule has 1 saturated heterocycles. The molecule has 1 aliphatic rings. The zero-order valence-corrected chi connectivity index (χ0v) is 20.6. The number of halogens is 2. The van der Waals surface area contributed by atoms with Gasteiger partial charge in [0.25, 0.3) is 5.91 Å². The van der Waals surface area contributed by atoms with Gasteiger partial charge in [0, 0.05) is 34.8 Å². The van der Waals surface area contributed by atoms with Gasteiger partial charge in [-0.25, -0.2) is 14.6 Å². The molecule has 0 unspecified atom stereocenters. The molecule has 10 nitrogen and oxygen atoms in total. The summed E-state index contributed by atoms with van der Waals surface area (Å²) in [5.74, 6) is -0.113. The van der Waals surface area contributed by atoms with Gasteiger partial charge in [0.15, 0.2) is 5.15 Å². The van der Waals surface area contributed by atoms with Crippen LogP contribution in [-0.4, -0.2) is 42.7 Å². The first-order valence-electron chi connectivity index (χ1n) is 10.8. The number of hydrogen-bond acceptors (Lipinski definition) is 5. The van der Waals surface area contributed by atoms with E-state index >= 15 is 0 Å². The van der Waals surface area contributed by atoms with Crippen molar-refractivity contribution in [2.24, 2.45) is 0 Å². The Hall–Kier alpha value is -3.86. The number of nitrogens with one attached hydrogen (secondary N) is 4. The van der Waals surface area contributed by atoms with Crippen LogP contribution in [0.1, 0.15) is 5.56 Å². The molecule has 36 heavy (non-hydrogen) atoms. The largest absolute Gasteiger partial charge is 0.370 e. The predicted molar refractivity (Wildman–Crippen MR) is 140 cm³/mol. The Morgan fingerprint density at radius 2 is 1.64 bits per heavy atom. The van der Waals surface area contributed by atoms with Crippen LogP contribution < -0.4 is 26.2 Å². The smallest absolute Gasteiger partial charge is 0.323 e. The van der Waals surface area contributed by atoms with Crippen LogP contribution in [0.25, 0.3) is 0 Å². The van der Waals surface area contributed by atoms with Gasteiger partial charge in [0.05, 0.1) is 12.3 Å². The Morgan fingerprint density at radius 3 is 2.36 bits per heavy atom. The summed E-state index contributed by atoms with van der Waals surface area (Å²) in [6.07, 6.45) is 1.40. The van der Waals surface area contributed by atoms with E-state index in [-0.39, 0.29) is 29.0 Å². The van der Waals surface area contributed by atoms with Crippen molar-refractivity contribution in [1.82, 2.24) is 4.98 Å². The second-order valence-electron chi connectivity index (χ2n) is 7.79. The molecule has 0 saturated carbocycles. The third-order valence-electron chi connectivity index (χ3n) is 5.22. The second kappa shape index (κ2) is 11.3. The van der Waals surface area contributed by atoms with Crippen molar-refractivity contribution in [3.63, 3.8) is 0 Å². The molecule has 1 aliphatic heterocycles. The van der Waals surface area contributed by atoms with E-state index in [2.05, 4.69) is 26.3 Å². The molecular weight excluding hydrogens is 507 g/mol. The number of carbonyl (C=O) groups excluding carboxylic acids is 3. The molecule has 12 heteroatoms. The average Bonchev–Trinajstić information content (AvgIpc) is 2.83. The molecule has 1 fully saturated rings. The van der Waals surface area contributed by atoms with Gasteiger partial charge < -0.3 is 30.9 Å². The molecule has 4 rings (SSSR count). The Labute approximate surface area is 216 Å². The molecule has 2 heterocycles. The number of pyridine rings is 1. The SMILES string of the molecule is Cc1cc(NC(=O)Nc2ccnc(Cl)c2NC(=O)Nc2ccc(Cl)cc2)ccc1N1CCOCC1=O. The van der Waals surface area contributed by atoms with Crippen LogP contribution in [0.3, 0.4) is 0 Å². The molecule has 0 aliphatic carbocycles. The van der Waals surface area contributed by atoms with Crippen molar-refractivity contribution in [1.29, 1.82) is 0 Å². The van der Waals surface area contributed by atoms with Crippen LogP contribution in [0.5, 0.6) is 0 Å². The summed E-state index contributed by atoms with van der Waals surface area (Å²) in [7, 11) is 0. The Morgan fingerprint density at radius 1 is 0.944 bits per heavy atom. The third-order valence-corrected chi connectivity index (χ3v) is 5.76. The van der Waals surface area contributed by atoms with Crippen molar-refractivity contribution in [2.45, 2.75) is 6.92 Å². The first kappa shape index (κ1) is 25.2. The first-order valence-corrected chi connectivity index (χ1v) is 11.6. The molecule has 5 amide bonds. The molecule has 0 spiro atoms. The fraction of sp³-hybridized carbons (Fsp3) is 0.167. The minimum absolute atomic E-state index is 0.00516. The highest BCUT2D eigenvalue weighted by Crippen LogP contribution is 2.29. The zero-order chi connectivity index (χ0) is 25.7. The molecule has 4 N–H and O–H groups in total. The third kappa shape index (κ3) is 6.22. The number of aryl methyl sites for hydroxylation is 1. The van der Waals surface area contributed by atoms with Crippen LogP contribution in [-0.2, 0) is 9.53 Å². The highest BCUT2D eigenvalue weighted by atomic mass is 35.5. The maximum absolute atomic E-state index is 12.7. The minimum Gasteiger partial charge on any atom is -0.370 e. The lowest BCUT2D eigenvalue weighted by Gasteiger charge is -2.28. The van der Waals surface area contributed by atoms with E-state index in [0.29, 0.717) is 29.5 Å². The van der Waals surface area contributed by atoms with E-state index in [1.807, 2.05) is 6.92 Å². The Bertz CT molecular complexity index is 1300. The van der Waals surface area contributed by atoms with Crippen LogP contribution in [0.2, 0.25) is 10.2 Å². The summed E-state index contributed by atoms with van der Waals surface area (Å²) in [5, 5.41) is 11.2. The molecule has 2 aromatic carbocycles. The van der Waals surface area contributed by atoms with Crippen LogP contribution >= 0.6 is 23.2 Å². The van der Waals surface area contributed by atoms with Gasteiger partial charge in [-0.2, -0.15) is 0 Å². The topological polar surface area (TPSA) is 125 Å². The Kier molecular flexibility index (Phi) is 7.89. The molecular formula is C24H22Cl2N6O4. The van der Waals surface area contributed by atoms with Gasteiger partial charge in [-0.05, 0) is 61.0 Å². The summed E-state index contributed by atoms with van der Waals surface area (Å²) < 4.78 is 5.18. The number of carbonyl (C=O) groups is 3. The number of rotatable bonds is 5. The zero-order valence-electron chi connectivity index (χ0n) is 19.1. The van der Waals surface area contributed by atoms with Crippen LogP contribution in [0.15, 0.2) is 54.7 Å². The monoisotopic (exact) mass is 528 g/mol. The van der Waals surface area contributed by atoms with Crippen molar-refractivity contribution >= 4 is 69.6 Å². The fourth-order valence-electron chi connectivity index (χ4n) is 3.56. The number of morpholine rings is 1. The minimum atomic E-state index is -0.584. The first-order chi connectivity index (χ1) is 17.3. The summed E-state index contributed by atoms with van der Waals surface area (Å²) in [6.45, 7) is 2.84. The van der Waals surface area contributed by atoms with Crippen molar-refractivity contribution in [3.05, 3.63) is 70.5 Å². The van der Waals surface area contributed by atoms with Crippen LogP contribution in [0.4, 0.5) is 38.0 Å².